The molecule has 1 saturated heterocycles. The fraction of sp³-hybridized carbons (Fsp3) is 0.538. The van der Waals surface area contributed by atoms with Crippen LogP contribution in [0.1, 0.15) is 19.8 Å². The van der Waals surface area contributed by atoms with E-state index in [0.717, 1.165) is 0 Å². The lowest BCUT2D eigenvalue weighted by atomic mass is 10.2. The fourth-order valence-corrected chi connectivity index (χ4v) is 5.29. The van der Waals surface area contributed by atoms with Gasteiger partial charge < -0.3 is 0 Å². The molecule has 0 radical (unpaired) electrons. The summed E-state index contributed by atoms with van der Waals surface area (Å²) in [4.78, 5) is 0.316. The summed E-state index contributed by atoms with van der Waals surface area (Å²) in [6.45, 7) is 2.17. The Labute approximate surface area is 120 Å². The number of piperidine rings is 1. The van der Waals surface area contributed by atoms with Crippen LogP contribution in [0.3, 0.4) is 0 Å². The third-order valence-electron chi connectivity index (χ3n) is 3.67. The maximum absolute atomic E-state index is 12.4. The Kier molecular flexibility index (Phi) is 4.51. The van der Waals surface area contributed by atoms with Crippen molar-refractivity contribution in [3.8, 4) is 0 Å². The number of rotatable bonds is 4. The van der Waals surface area contributed by atoms with Crippen LogP contribution in [0.15, 0.2) is 35.2 Å². The fourth-order valence-electron chi connectivity index (χ4n) is 2.41. The van der Waals surface area contributed by atoms with Crippen LogP contribution in [-0.2, 0) is 19.9 Å². The number of sulfone groups is 1. The van der Waals surface area contributed by atoms with E-state index in [1.54, 1.807) is 37.3 Å². The molecule has 0 unspecified atom stereocenters. The molecule has 1 aliphatic rings. The van der Waals surface area contributed by atoms with Gasteiger partial charge in [0.05, 0.1) is 15.9 Å². The second kappa shape index (κ2) is 5.83. The molecule has 1 aliphatic heterocycles. The first kappa shape index (κ1) is 15.5. The Balaban J connectivity index is 2.12. The number of hydrogen-bond donors (Lipinski definition) is 0. The van der Waals surface area contributed by atoms with Crippen LogP contribution in [0.2, 0.25) is 0 Å². The topological polar surface area (TPSA) is 71.5 Å². The minimum Gasteiger partial charge on any atom is -0.223 e. The van der Waals surface area contributed by atoms with E-state index in [-0.39, 0.29) is 18.8 Å². The van der Waals surface area contributed by atoms with Crippen molar-refractivity contribution in [3.63, 3.8) is 0 Å². The van der Waals surface area contributed by atoms with Crippen molar-refractivity contribution in [2.75, 3.05) is 18.8 Å². The highest BCUT2D eigenvalue weighted by atomic mass is 32.2. The molecule has 2 rings (SSSR count). The molecular weight excluding hydrogens is 298 g/mol. The molecular formula is C13H19NO4S2. The monoisotopic (exact) mass is 317 g/mol. The Morgan fingerprint density at radius 2 is 1.60 bits per heavy atom. The Morgan fingerprint density at radius 3 is 2.10 bits per heavy atom. The Morgan fingerprint density at radius 1 is 1.05 bits per heavy atom. The van der Waals surface area contributed by atoms with Crippen LogP contribution < -0.4 is 0 Å². The lowest BCUT2D eigenvalue weighted by Crippen LogP contribution is -2.43. The molecule has 0 bridgehead atoms. The third kappa shape index (κ3) is 3.05. The van der Waals surface area contributed by atoms with Crippen LogP contribution in [0.25, 0.3) is 0 Å². The van der Waals surface area contributed by atoms with Gasteiger partial charge in [-0.2, -0.15) is 0 Å². The molecule has 1 aromatic carbocycles. The highest BCUT2D eigenvalue weighted by Gasteiger charge is 2.34. The Bertz CT molecular complexity index is 645. The quantitative estimate of drug-likeness (QED) is 0.838. The summed E-state index contributed by atoms with van der Waals surface area (Å²) in [7, 11) is -6.58. The van der Waals surface area contributed by atoms with Gasteiger partial charge in [0, 0.05) is 13.1 Å². The van der Waals surface area contributed by atoms with E-state index in [1.807, 2.05) is 0 Å². The molecule has 0 aromatic heterocycles. The summed E-state index contributed by atoms with van der Waals surface area (Å²) in [5, 5.41) is -0.492. The van der Waals surface area contributed by atoms with E-state index in [2.05, 4.69) is 0 Å². The second-order valence-corrected chi connectivity index (χ2v) is 9.34. The van der Waals surface area contributed by atoms with Gasteiger partial charge in [0.1, 0.15) is 0 Å². The van der Waals surface area contributed by atoms with Gasteiger partial charge >= 0.3 is 0 Å². The second-order valence-electron chi connectivity index (χ2n) is 4.86. The van der Waals surface area contributed by atoms with E-state index in [4.69, 9.17) is 0 Å². The average molecular weight is 317 g/mol. The standard InChI is InChI=1S/C13H19NO4S2/c1-2-19(15,16)14-10-8-13(9-11-14)20(17,18)12-6-4-3-5-7-12/h3-7,13H,2,8-11H2,1H3. The van der Waals surface area contributed by atoms with E-state index in [1.165, 1.54) is 4.31 Å². The summed E-state index contributed by atoms with van der Waals surface area (Å²) >= 11 is 0. The normalized spacial score (nSPS) is 19.1. The molecule has 0 saturated carbocycles. The highest BCUT2D eigenvalue weighted by Crippen LogP contribution is 2.25. The minimum absolute atomic E-state index is 0.0586. The van der Waals surface area contributed by atoms with Crippen LogP contribution in [-0.4, -0.2) is 45.2 Å². The van der Waals surface area contributed by atoms with Gasteiger partial charge in [-0.15, -0.1) is 0 Å². The van der Waals surface area contributed by atoms with Crippen LogP contribution in [0.5, 0.6) is 0 Å². The van der Waals surface area contributed by atoms with E-state index in [0.29, 0.717) is 17.7 Å². The van der Waals surface area contributed by atoms with Gasteiger partial charge in [-0.1, -0.05) is 18.2 Å². The van der Waals surface area contributed by atoms with Gasteiger partial charge in [-0.05, 0) is 31.9 Å². The molecule has 0 amide bonds. The zero-order valence-corrected chi connectivity index (χ0v) is 13.0. The Hall–Kier alpha value is -0.920. The third-order valence-corrected chi connectivity index (χ3v) is 7.83. The van der Waals surface area contributed by atoms with Crippen molar-refractivity contribution in [1.82, 2.24) is 4.31 Å². The predicted molar refractivity (Wildman–Crippen MR) is 77.7 cm³/mol. The van der Waals surface area contributed by atoms with Crippen molar-refractivity contribution in [2.24, 2.45) is 0 Å². The van der Waals surface area contributed by atoms with Crippen molar-refractivity contribution in [1.29, 1.82) is 0 Å². The molecule has 7 heteroatoms. The molecule has 0 N–H and O–H groups in total. The van der Waals surface area contributed by atoms with E-state index < -0.39 is 25.1 Å². The van der Waals surface area contributed by atoms with E-state index >= 15 is 0 Å². The SMILES string of the molecule is CCS(=O)(=O)N1CCC(S(=O)(=O)c2ccccc2)CC1. The van der Waals surface area contributed by atoms with Gasteiger partial charge in [0.25, 0.3) is 0 Å². The summed E-state index contributed by atoms with van der Waals surface area (Å²) in [5.41, 5.74) is 0. The van der Waals surface area contributed by atoms with Crippen molar-refractivity contribution < 1.29 is 16.8 Å². The summed E-state index contributed by atoms with van der Waals surface area (Å²) in [6, 6.07) is 8.34. The van der Waals surface area contributed by atoms with E-state index in [9.17, 15) is 16.8 Å². The lowest BCUT2D eigenvalue weighted by Gasteiger charge is -2.30. The summed E-state index contributed by atoms with van der Waals surface area (Å²) in [6.07, 6.45) is 0.715. The molecule has 1 fully saturated rings. The number of hydrogen-bond acceptors (Lipinski definition) is 4. The largest absolute Gasteiger partial charge is 0.223 e. The molecule has 0 atom stereocenters. The van der Waals surface area contributed by atoms with Gasteiger partial charge in [0.15, 0.2) is 9.84 Å². The summed E-state index contributed by atoms with van der Waals surface area (Å²) in [5.74, 6) is 0.0586. The maximum Gasteiger partial charge on any atom is 0.213 e. The predicted octanol–water partition coefficient (Wildman–Crippen LogP) is 1.27. The zero-order chi connectivity index (χ0) is 14.8. The molecule has 1 aromatic rings. The number of sulfonamides is 1. The first-order chi connectivity index (χ1) is 9.38. The minimum atomic E-state index is -3.36. The van der Waals surface area contributed by atoms with Gasteiger partial charge in [-0.3, -0.25) is 0 Å². The first-order valence-electron chi connectivity index (χ1n) is 6.64. The summed E-state index contributed by atoms with van der Waals surface area (Å²) < 4.78 is 49.8. The van der Waals surface area contributed by atoms with Crippen molar-refractivity contribution >= 4 is 19.9 Å². The number of benzene rings is 1. The van der Waals surface area contributed by atoms with Crippen LogP contribution in [0, 0.1) is 0 Å². The molecule has 20 heavy (non-hydrogen) atoms. The molecule has 0 aliphatic carbocycles. The highest BCUT2D eigenvalue weighted by molar-refractivity contribution is 7.92. The molecule has 1 heterocycles. The smallest absolute Gasteiger partial charge is 0.213 e. The molecule has 0 spiro atoms. The van der Waals surface area contributed by atoms with Crippen molar-refractivity contribution in [2.45, 2.75) is 29.9 Å². The van der Waals surface area contributed by atoms with Crippen molar-refractivity contribution in [3.05, 3.63) is 30.3 Å². The van der Waals surface area contributed by atoms with Gasteiger partial charge in [-0.25, -0.2) is 21.1 Å². The van der Waals surface area contributed by atoms with Crippen LogP contribution >= 0.6 is 0 Å². The van der Waals surface area contributed by atoms with Gasteiger partial charge in [0.2, 0.25) is 10.0 Å². The lowest BCUT2D eigenvalue weighted by molar-refractivity contribution is 0.346. The number of nitrogens with zero attached hydrogens (tertiary/aromatic N) is 1. The van der Waals surface area contributed by atoms with Crippen LogP contribution in [0.4, 0.5) is 0 Å². The molecule has 112 valence electrons. The first-order valence-corrected chi connectivity index (χ1v) is 9.80. The average Bonchev–Trinajstić information content (AvgIpc) is 2.48. The molecule has 5 nitrogen and oxygen atoms in total. The maximum atomic E-state index is 12.4. The zero-order valence-electron chi connectivity index (χ0n) is 11.4.